The number of primary amides is 1. The molecule has 0 saturated carbocycles. The molecule has 18 heteroatoms. The molecule has 0 bridgehead atoms. The van der Waals surface area contributed by atoms with Crippen molar-refractivity contribution in [3.8, 4) is 5.75 Å². The Balaban J connectivity index is 1.12. The minimum atomic E-state index is -1.12. The number of aromatic hydroxyl groups is 1. The van der Waals surface area contributed by atoms with E-state index in [1.807, 2.05) is 74.5 Å². The fourth-order valence-electron chi connectivity index (χ4n) is 9.95. The van der Waals surface area contributed by atoms with E-state index in [1.54, 1.807) is 12.1 Å². The van der Waals surface area contributed by atoms with Crippen molar-refractivity contribution in [1.82, 2.24) is 31.1 Å². The molecule has 1 fully saturated rings. The number of likely N-dealkylation sites (tertiary alicyclic amines) is 1. The van der Waals surface area contributed by atoms with Gasteiger partial charge in [0.15, 0.2) is 5.96 Å². The quantitative estimate of drug-likeness (QED) is 0.0264. The smallest absolute Gasteiger partial charge is 0.245 e. The summed E-state index contributed by atoms with van der Waals surface area (Å²) in [7, 11) is 0. The van der Waals surface area contributed by atoms with Gasteiger partial charge in [-0.25, -0.2) is 0 Å². The van der Waals surface area contributed by atoms with Crippen LogP contribution in [-0.2, 0) is 61.0 Å². The molecule has 6 amide bonds. The zero-order valence-electron chi connectivity index (χ0n) is 42.8. The fourth-order valence-corrected chi connectivity index (χ4v) is 9.95. The number of rotatable bonds is 25. The second kappa shape index (κ2) is 27.7. The Hall–Kier alpha value is -7.31. The number of benzene rings is 4. The van der Waals surface area contributed by atoms with Crippen molar-refractivity contribution in [2.24, 2.45) is 33.8 Å². The van der Waals surface area contributed by atoms with Crippen LogP contribution < -0.4 is 44.2 Å². The summed E-state index contributed by atoms with van der Waals surface area (Å²) in [5, 5.41) is 21.4. The molecule has 4 aromatic carbocycles. The first-order valence-corrected chi connectivity index (χ1v) is 25.8. The van der Waals surface area contributed by atoms with Crippen LogP contribution in [0.1, 0.15) is 83.9 Å². The van der Waals surface area contributed by atoms with Crippen LogP contribution in [-0.4, -0.2) is 119 Å². The summed E-state index contributed by atoms with van der Waals surface area (Å²) < 4.78 is 0. The first kappa shape index (κ1) is 56.0. The van der Waals surface area contributed by atoms with E-state index in [9.17, 15) is 33.9 Å². The third-order valence-corrected chi connectivity index (χ3v) is 14.1. The third kappa shape index (κ3) is 17.2. The van der Waals surface area contributed by atoms with Gasteiger partial charge in [0.1, 0.15) is 29.9 Å². The third-order valence-electron chi connectivity index (χ3n) is 14.1. The zero-order valence-corrected chi connectivity index (χ0v) is 42.8. The number of aliphatic imine (C=N–C) groups is 1. The molecule has 0 radical (unpaired) electrons. The van der Waals surface area contributed by atoms with Gasteiger partial charge in [0.2, 0.25) is 35.4 Å². The standard InChI is InChI=1S/C56H75N11O7/c1-36-29-43(68)30-37(2)44(36)34-45(57)52(71)63-47(19-11-24-61-56(59)60)54(73)65-49-33-41-17-9-10-18-42(41)35-67(55(49)74)28-23-50(69)62-46(53(72)64-48(51(58)70)32-39-15-7-4-8-16-39)20-12-25-66-26-21-40(22-27-66)31-38-13-5-3-6-14-38/h3-10,13-18,29-30,40,45-49,68H,11-12,19-28,31-35,57H2,1-2H3,(H2,58,70)(H,62,69)(H,63,71)(H,64,72)(H,65,73)(H4,59,60,61)/t45-,46+,47+,48-,49-/m0/s1. The van der Waals surface area contributed by atoms with Crippen LogP contribution in [0.3, 0.4) is 0 Å². The second-order valence-electron chi connectivity index (χ2n) is 19.8. The van der Waals surface area contributed by atoms with E-state index in [1.165, 1.54) is 10.5 Å². The number of carbonyl (C=O) groups is 6. The number of aryl methyl sites for hydroxylation is 2. The Morgan fingerprint density at radius 3 is 1.96 bits per heavy atom. The number of nitrogens with one attached hydrogen (secondary N) is 4. The highest BCUT2D eigenvalue weighted by Crippen LogP contribution is 2.24. The van der Waals surface area contributed by atoms with Crippen molar-refractivity contribution in [3.05, 3.63) is 136 Å². The Morgan fingerprint density at radius 2 is 1.31 bits per heavy atom. The number of hydrogen-bond acceptors (Lipinski definition) is 10. The van der Waals surface area contributed by atoms with Gasteiger partial charge in [-0.15, -0.1) is 0 Å². The molecule has 0 spiro atoms. The van der Waals surface area contributed by atoms with Gasteiger partial charge in [0.25, 0.3) is 0 Å². The van der Waals surface area contributed by atoms with Crippen LogP contribution in [0, 0.1) is 19.8 Å². The second-order valence-corrected chi connectivity index (χ2v) is 19.8. The van der Waals surface area contributed by atoms with Gasteiger partial charge in [-0.2, -0.15) is 0 Å². The number of phenols is 1. The molecule has 0 unspecified atom stereocenters. The first-order valence-electron chi connectivity index (χ1n) is 25.8. The van der Waals surface area contributed by atoms with Crippen LogP contribution in [0.5, 0.6) is 5.75 Å². The van der Waals surface area contributed by atoms with Crippen molar-refractivity contribution in [2.45, 2.75) is 121 Å². The number of fused-ring (bicyclic) bond motifs is 1. The topological polar surface area (TPSA) is 294 Å². The highest BCUT2D eigenvalue weighted by molar-refractivity contribution is 5.94. The summed E-state index contributed by atoms with van der Waals surface area (Å²) in [6, 6.07) is 25.1. The van der Waals surface area contributed by atoms with Gasteiger partial charge in [-0.1, -0.05) is 84.9 Å². The predicted octanol–water partition coefficient (Wildman–Crippen LogP) is 2.31. The Labute approximate surface area is 434 Å². The van der Waals surface area contributed by atoms with E-state index < -0.39 is 65.7 Å². The first-order chi connectivity index (χ1) is 35.5. The number of phenolic OH excluding ortho intramolecular Hbond substituents is 1. The Bertz CT molecular complexity index is 2540. The zero-order chi connectivity index (χ0) is 53.1. The van der Waals surface area contributed by atoms with Gasteiger partial charge in [0, 0.05) is 38.9 Å². The molecule has 2 aliphatic rings. The van der Waals surface area contributed by atoms with Crippen LogP contribution in [0.2, 0.25) is 0 Å². The number of amides is 6. The Kier molecular flexibility index (Phi) is 20.9. The number of guanidine groups is 1. The number of hydrogen-bond donors (Lipinski definition) is 9. The van der Waals surface area contributed by atoms with E-state index in [4.69, 9.17) is 22.9 Å². The highest BCUT2D eigenvalue weighted by Gasteiger charge is 2.34. The van der Waals surface area contributed by atoms with Crippen LogP contribution in [0.15, 0.2) is 102 Å². The van der Waals surface area contributed by atoms with Gasteiger partial charge in [-0.3, -0.25) is 33.8 Å². The molecule has 74 heavy (non-hydrogen) atoms. The summed E-state index contributed by atoms with van der Waals surface area (Å²) in [5.41, 5.74) is 29.4. The fraction of sp³-hybridized carbons (Fsp3) is 0.446. The van der Waals surface area contributed by atoms with Gasteiger partial charge in [-0.05, 0) is 142 Å². The molecule has 13 N–H and O–H groups in total. The number of carbonyl (C=O) groups excluding carboxylic acids is 6. The van der Waals surface area contributed by atoms with Gasteiger partial charge >= 0.3 is 0 Å². The van der Waals surface area contributed by atoms with E-state index in [-0.39, 0.29) is 63.4 Å². The van der Waals surface area contributed by atoms with Crippen molar-refractivity contribution < 1.29 is 33.9 Å². The minimum absolute atomic E-state index is 0.0425. The van der Waals surface area contributed by atoms with Crippen molar-refractivity contribution in [1.29, 1.82) is 0 Å². The lowest BCUT2D eigenvalue weighted by atomic mass is 9.90. The van der Waals surface area contributed by atoms with Crippen molar-refractivity contribution >= 4 is 41.4 Å². The molecule has 0 aromatic heterocycles. The average molecular weight is 1010 g/mol. The molecule has 4 aromatic rings. The molecule has 6 rings (SSSR count). The monoisotopic (exact) mass is 1010 g/mol. The molecular weight excluding hydrogens is 939 g/mol. The van der Waals surface area contributed by atoms with Gasteiger partial charge < -0.3 is 59.1 Å². The van der Waals surface area contributed by atoms with E-state index in [0.29, 0.717) is 25.2 Å². The summed E-state index contributed by atoms with van der Waals surface area (Å²) in [6.07, 6.45) is 4.80. The average Bonchev–Trinajstić information content (AvgIpc) is 3.50. The molecule has 5 atom stereocenters. The van der Waals surface area contributed by atoms with Crippen molar-refractivity contribution in [3.63, 3.8) is 0 Å². The van der Waals surface area contributed by atoms with E-state index in [2.05, 4.69) is 55.4 Å². The normalized spacial score (nSPS) is 16.6. The lowest BCUT2D eigenvalue weighted by Crippen LogP contribution is -2.56. The number of nitrogens with two attached hydrogens (primary N) is 4. The van der Waals surface area contributed by atoms with Crippen LogP contribution in [0.25, 0.3) is 0 Å². The summed E-state index contributed by atoms with van der Waals surface area (Å²) in [4.78, 5) is 91.0. The molecule has 2 heterocycles. The molecule has 2 aliphatic heterocycles. The number of nitrogens with zero attached hydrogens (tertiary/aromatic N) is 3. The Morgan fingerprint density at radius 1 is 0.716 bits per heavy atom. The summed E-state index contributed by atoms with van der Waals surface area (Å²) in [6.45, 7) is 6.51. The van der Waals surface area contributed by atoms with Crippen molar-refractivity contribution in [2.75, 3.05) is 32.7 Å². The molecule has 18 nitrogen and oxygen atoms in total. The maximum atomic E-state index is 14.5. The molecule has 1 saturated heterocycles. The molecule has 0 aliphatic carbocycles. The molecule has 396 valence electrons. The van der Waals surface area contributed by atoms with Crippen LogP contribution >= 0.6 is 0 Å². The van der Waals surface area contributed by atoms with Gasteiger partial charge in [0.05, 0.1) is 6.04 Å². The SMILES string of the molecule is Cc1cc(O)cc(C)c1C[C@H](N)C(=O)N[C@H](CCCN=C(N)N)C(=O)N[C@H]1Cc2ccccc2CN(CCC(=O)N[C@H](CCCN2CCC(Cc3ccccc3)CC2)C(=O)N[C@@H](Cc2ccccc2)C(N)=O)C1=O. The van der Waals surface area contributed by atoms with E-state index in [0.717, 1.165) is 72.3 Å². The lowest BCUT2D eigenvalue weighted by molar-refractivity contribution is -0.138. The highest BCUT2D eigenvalue weighted by atomic mass is 16.3. The summed E-state index contributed by atoms with van der Waals surface area (Å²) >= 11 is 0. The molecular formula is C56H75N11O7. The maximum absolute atomic E-state index is 14.5. The largest absolute Gasteiger partial charge is 0.508 e. The minimum Gasteiger partial charge on any atom is -0.508 e. The lowest BCUT2D eigenvalue weighted by Gasteiger charge is -2.32. The number of piperidine rings is 1. The maximum Gasteiger partial charge on any atom is 0.245 e. The van der Waals surface area contributed by atoms with E-state index >= 15 is 0 Å². The summed E-state index contributed by atoms with van der Waals surface area (Å²) in [5.74, 6) is -2.78. The predicted molar refractivity (Wildman–Crippen MR) is 285 cm³/mol. The van der Waals surface area contributed by atoms with Crippen LogP contribution in [0.4, 0.5) is 0 Å².